The Morgan fingerprint density at radius 1 is 1.23 bits per heavy atom. The molecule has 0 heterocycles. The zero-order valence-electron chi connectivity index (χ0n) is 13.2. The molecule has 0 saturated heterocycles. The number of hydrogen-bond donors (Lipinski definition) is 1. The van der Waals surface area contributed by atoms with Crippen LogP contribution in [0.2, 0.25) is 0 Å². The van der Waals surface area contributed by atoms with Gasteiger partial charge in [0.15, 0.2) is 9.84 Å². The highest BCUT2D eigenvalue weighted by atomic mass is 32.2. The third-order valence-electron chi connectivity index (χ3n) is 2.78. The largest absolute Gasteiger partial charge is 0.491 e. The number of benzene rings is 1. The Hall–Kier alpha value is -1.60. The van der Waals surface area contributed by atoms with Gasteiger partial charge in [-0.25, -0.2) is 8.42 Å². The van der Waals surface area contributed by atoms with Crippen LogP contribution < -0.4 is 10.1 Å². The van der Waals surface area contributed by atoms with Crippen LogP contribution in [-0.2, 0) is 19.4 Å². The predicted octanol–water partition coefficient (Wildman–Crippen LogP) is 1.40. The molecule has 0 aliphatic heterocycles. The summed E-state index contributed by atoms with van der Waals surface area (Å²) in [7, 11) is -1.95. The Balaban J connectivity index is 2.57. The molecule has 124 valence electrons. The van der Waals surface area contributed by atoms with E-state index < -0.39 is 9.84 Å². The van der Waals surface area contributed by atoms with E-state index >= 15 is 0 Å². The number of rotatable bonds is 9. The molecule has 0 aliphatic carbocycles. The van der Waals surface area contributed by atoms with Gasteiger partial charge in [-0.15, -0.1) is 0 Å². The molecule has 1 N–H and O–H groups in total. The third-order valence-corrected chi connectivity index (χ3v) is 4.51. The Kier molecular flexibility index (Phi) is 7.34. The van der Waals surface area contributed by atoms with Gasteiger partial charge in [-0.2, -0.15) is 0 Å². The van der Waals surface area contributed by atoms with Gasteiger partial charge in [0.1, 0.15) is 5.75 Å². The summed E-state index contributed by atoms with van der Waals surface area (Å²) in [5.74, 6) is 0.0857. The number of methoxy groups -OCH3 is 1. The van der Waals surface area contributed by atoms with E-state index in [1.54, 1.807) is 12.1 Å². The van der Waals surface area contributed by atoms with Crippen molar-refractivity contribution in [2.24, 2.45) is 0 Å². The van der Waals surface area contributed by atoms with Crippen LogP contribution in [-0.4, -0.2) is 46.4 Å². The van der Waals surface area contributed by atoms with Crippen LogP contribution in [0, 0.1) is 0 Å². The number of nitrogens with one attached hydrogen (secondary N) is 1. The maximum Gasteiger partial charge on any atom is 0.221 e. The minimum atomic E-state index is -3.48. The topological polar surface area (TPSA) is 81.7 Å². The molecule has 0 atom stereocenters. The molecular formula is C15H23NO5S. The molecule has 0 spiro atoms. The third kappa shape index (κ3) is 6.44. The summed E-state index contributed by atoms with van der Waals surface area (Å²) in [5, 5.41) is 2.59. The zero-order chi connectivity index (χ0) is 16.6. The number of ether oxygens (including phenoxy) is 2. The minimum Gasteiger partial charge on any atom is -0.491 e. The summed E-state index contributed by atoms with van der Waals surface area (Å²) in [6.45, 7) is 4.56. The van der Waals surface area contributed by atoms with Crippen LogP contribution in [0.25, 0.3) is 0 Å². The van der Waals surface area contributed by atoms with Crippen molar-refractivity contribution in [2.75, 3.05) is 26.0 Å². The molecule has 1 amide bonds. The lowest BCUT2D eigenvalue weighted by Crippen LogP contribution is -2.28. The average molecular weight is 329 g/mol. The lowest BCUT2D eigenvalue weighted by molar-refractivity contribution is -0.120. The van der Waals surface area contributed by atoms with Gasteiger partial charge in [-0.1, -0.05) is 0 Å². The maximum absolute atomic E-state index is 12.2. The van der Waals surface area contributed by atoms with Gasteiger partial charge in [-0.05, 0) is 38.1 Å². The van der Waals surface area contributed by atoms with Crippen LogP contribution in [0.3, 0.4) is 0 Å². The first kappa shape index (κ1) is 18.4. The highest BCUT2D eigenvalue weighted by Gasteiger charge is 2.16. The van der Waals surface area contributed by atoms with Crippen molar-refractivity contribution in [3.05, 3.63) is 24.3 Å². The molecule has 0 unspecified atom stereocenters. The zero-order valence-corrected chi connectivity index (χ0v) is 14.0. The molecule has 6 nitrogen and oxygen atoms in total. The fourth-order valence-electron chi connectivity index (χ4n) is 1.72. The van der Waals surface area contributed by atoms with Gasteiger partial charge in [-0.3, -0.25) is 4.79 Å². The van der Waals surface area contributed by atoms with Crippen molar-refractivity contribution in [1.29, 1.82) is 0 Å². The van der Waals surface area contributed by atoms with E-state index in [9.17, 15) is 13.2 Å². The van der Waals surface area contributed by atoms with Crippen LogP contribution in [0.15, 0.2) is 29.2 Å². The summed E-state index contributed by atoms with van der Waals surface area (Å²) in [4.78, 5) is 11.7. The van der Waals surface area contributed by atoms with Crippen LogP contribution in [0.5, 0.6) is 5.75 Å². The normalized spacial score (nSPS) is 11.5. The predicted molar refractivity (Wildman–Crippen MR) is 83.8 cm³/mol. The maximum atomic E-state index is 12.2. The van der Waals surface area contributed by atoms with E-state index in [0.717, 1.165) is 0 Å². The van der Waals surface area contributed by atoms with Crippen LogP contribution in [0.4, 0.5) is 0 Å². The van der Waals surface area contributed by atoms with Crippen LogP contribution >= 0.6 is 0 Å². The second-order valence-corrected chi connectivity index (χ2v) is 7.16. The molecule has 0 aliphatic rings. The number of sulfone groups is 1. The van der Waals surface area contributed by atoms with E-state index in [0.29, 0.717) is 18.9 Å². The monoisotopic (exact) mass is 329 g/mol. The highest BCUT2D eigenvalue weighted by Crippen LogP contribution is 2.18. The van der Waals surface area contributed by atoms with Crippen molar-refractivity contribution in [3.8, 4) is 5.75 Å². The van der Waals surface area contributed by atoms with Crippen molar-refractivity contribution < 1.29 is 22.7 Å². The average Bonchev–Trinajstić information content (AvgIpc) is 2.45. The van der Waals surface area contributed by atoms with Gasteiger partial charge < -0.3 is 14.8 Å². The Morgan fingerprint density at radius 3 is 2.41 bits per heavy atom. The quantitative estimate of drug-likeness (QED) is 0.693. The Labute approximate surface area is 131 Å². The molecule has 0 radical (unpaired) electrons. The second kappa shape index (κ2) is 8.75. The number of carbonyl (C=O) groups excluding carboxylic acids is 1. The van der Waals surface area contributed by atoms with E-state index in [1.807, 2.05) is 13.8 Å². The van der Waals surface area contributed by atoms with Gasteiger partial charge in [0.25, 0.3) is 0 Å². The first-order valence-corrected chi connectivity index (χ1v) is 8.75. The molecule has 1 rings (SSSR count). The van der Waals surface area contributed by atoms with E-state index in [2.05, 4.69) is 5.32 Å². The molecular weight excluding hydrogens is 306 g/mol. The molecule has 1 aromatic rings. The molecule has 0 fully saturated rings. The lowest BCUT2D eigenvalue weighted by Gasteiger charge is -2.10. The molecule has 0 saturated carbocycles. The summed E-state index contributed by atoms with van der Waals surface area (Å²) >= 11 is 0. The first-order valence-electron chi connectivity index (χ1n) is 7.10. The van der Waals surface area contributed by atoms with E-state index in [4.69, 9.17) is 9.47 Å². The first-order chi connectivity index (χ1) is 10.3. The van der Waals surface area contributed by atoms with Crippen molar-refractivity contribution in [1.82, 2.24) is 5.32 Å². The molecule has 22 heavy (non-hydrogen) atoms. The number of carbonyl (C=O) groups is 1. The van der Waals surface area contributed by atoms with Crippen LogP contribution in [0.1, 0.15) is 20.3 Å². The number of hydrogen-bond acceptors (Lipinski definition) is 5. The van der Waals surface area contributed by atoms with Gasteiger partial charge in [0.2, 0.25) is 5.91 Å². The van der Waals surface area contributed by atoms with Crippen molar-refractivity contribution in [3.63, 3.8) is 0 Å². The van der Waals surface area contributed by atoms with E-state index in [1.165, 1.54) is 19.2 Å². The van der Waals surface area contributed by atoms with Crippen molar-refractivity contribution in [2.45, 2.75) is 31.3 Å². The summed E-state index contributed by atoms with van der Waals surface area (Å²) in [6.07, 6.45) is -0.0470. The molecule has 0 aromatic heterocycles. The summed E-state index contributed by atoms with van der Waals surface area (Å²) in [5.41, 5.74) is 0. The minimum absolute atomic E-state index is 0.0262. The Morgan fingerprint density at radius 2 is 1.86 bits per heavy atom. The van der Waals surface area contributed by atoms with Gasteiger partial charge >= 0.3 is 0 Å². The standard InChI is InChI=1S/C15H23NO5S/c1-12(2)21-13-4-6-14(7-5-13)22(18,19)11-8-15(17)16-9-10-20-3/h4-7,12H,8-11H2,1-3H3,(H,16,17). The smallest absolute Gasteiger partial charge is 0.221 e. The summed E-state index contributed by atoms with van der Waals surface area (Å²) < 4.78 is 34.6. The lowest BCUT2D eigenvalue weighted by atomic mass is 10.3. The number of amides is 1. The Bertz CT molecular complexity index is 566. The molecule has 0 bridgehead atoms. The van der Waals surface area contributed by atoms with Gasteiger partial charge in [0.05, 0.1) is 23.4 Å². The fourth-order valence-corrected chi connectivity index (χ4v) is 2.96. The van der Waals surface area contributed by atoms with Gasteiger partial charge in [0, 0.05) is 20.1 Å². The van der Waals surface area contributed by atoms with Crippen molar-refractivity contribution >= 4 is 15.7 Å². The SMILES string of the molecule is COCCNC(=O)CCS(=O)(=O)c1ccc(OC(C)C)cc1. The summed E-state index contributed by atoms with van der Waals surface area (Å²) in [6, 6.07) is 6.23. The highest BCUT2D eigenvalue weighted by molar-refractivity contribution is 7.91. The molecule has 7 heteroatoms. The fraction of sp³-hybridized carbons (Fsp3) is 0.533. The van der Waals surface area contributed by atoms with E-state index in [-0.39, 0.29) is 29.1 Å². The second-order valence-electron chi connectivity index (χ2n) is 5.05. The molecule has 1 aromatic carbocycles.